The molecule has 0 aromatic carbocycles. The average Bonchev–Trinajstić information content (AvgIpc) is 3.15. The summed E-state index contributed by atoms with van der Waals surface area (Å²) in [5.74, 6) is 0.686. The molecule has 0 bridgehead atoms. The molecule has 0 spiro atoms. The summed E-state index contributed by atoms with van der Waals surface area (Å²) >= 11 is 3.84. The third-order valence-corrected chi connectivity index (χ3v) is 6.44. The first-order valence-electron chi connectivity index (χ1n) is 8.63. The summed E-state index contributed by atoms with van der Waals surface area (Å²) in [4.78, 5) is 3.10. The van der Waals surface area contributed by atoms with Crippen molar-refractivity contribution in [2.45, 2.75) is 38.0 Å². The lowest BCUT2D eigenvalue weighted by Gasteiger charge is -2.23. The fraction of sp³-hybridized carbons (Fsp3) is 0.556. The van der Waals surface area contributed by atoms with Crippen LogP contribution in [-0.2, 0) is 0 Å². The standard InChI is InChI=1S/C18H26NS2.ClHO4/c1-19(2,3)11-7-5-4-6-8-14-15-9-12-20-17(15)18-16(14)10-13-21-18;2-1(3,4)5/h9-10,12-14H,4-8,11H2,1-3H3;(H,2,3,4,5)/q+1;/p-1. The first-order chi connectivity index (χ1) is 12.1. The van der Waals surface area contributed by atoms with Crippen molar-refractivity contribution in [1.29, 1.82) is 0 Å². The van der Waals surface area contributed by atoms with Gasteiger partial charge in [-0.1, -0.05) is 12.8 Å². The number of hydrogen-bond acceptors (Lipinski definition) is 6. The van der Waals surface area contributed by atoms with Crippen LogP contribution in [0.4, 0.5) is 0 Å². The van der Waals surface area contributed by atoms with E-state index in [-0.39, 0.29) is 0 Å². The molecule has 0 N–H and O–H groups in total. The van der Waals surface area contributed by atoms with Gasteiger partial charge in [0.25, 0.3) is 0 Å². The molecular weight excluding hydrogens is 394 g/mol. The summed E-state index contributed by atoms with van der Waals surface area (Å²) < 4.78 is 35.1. The van der Waals surface area contributed by atoms with Gasteiger partial charge in [0, 0.05) is 15.7 Å². The van der Waals surface area contributed by atoms with Crippen molar-refractivity contribution in [3.05, 3.63) is 34.0 Å². The van der Waals surface area contributed by atoms with E-state index in [1.54, 1.807) is 20.9 Å². The smallest absolute Gasteiger partial charge is 0.0780 e. The third kappa shape index (κ3) is 6.90. The molecule has 1 aliphatic carbocycles. The van der Waals surface area contributed by atoms with E-state index in [4.69, 9.17) is 18.6 Å². The largest absolute Gasteiger partial charge is 0.331 e. The van der Waals surface area contributed by atoms with Crippen LogP contribution in [-0.4, -0.2) is 32.2 Å². The highest BCUT2D eigenvalue weighted by Crippen LogP contribution is 2.51. The van der Waals surface area contributed by atoms with E-state index in [9.17, 15) is 0 Å². The number of unbranched alkanes of at least 4 members (excludes halogenated alkanes) is 3. The van der Waals surface area contributed by atoms with E-state index in [0.717, 1.165) is 4.48 Å². The molecule has 2 heterocycles. The van der Waals surface area contributed by atoms with Gasteiger partial charge in [0.05, 0.1) is 27.7 Å². The SMILES string of the molecule is C[N+](C)(C)CCCCCCC1c2ccsc2-c2sccc21.[O-][Cl+3]([O-])([O-])[O-]. The summed E-state index contributed by atoms with van der Waals surface area (Å²) in [5, 5.41) is 4.53. The molecule has 0 unspecified atom stereocenters. The van der Waals surface area contributed by atoms with E-state index in [1.807, 2.05) is 22.7 Å². The second-order valence-electron chi connectivity index (χ2n) is 7.56. The van der Waals surface area contributed by atoms with Crippen molar-refractivity contribution in [1.82, 2.24) is 0 Å². The highest BCUT2D eigenvalue weighted by Gasteiger charge is 2.30. The van der Waals surface area contributed by atoms with Gasteiger partial charge in [0.1, 0.15) is 0 Å². The molecule has 3 rings (SSSR count). The maximum atomic E-state index is 8.49. The Balaban J connectivity index is 0.000000431. The van der Waals surface area contributed by atoms with Crippen molar-refractivity contribution < 1.29 is 33.4 Å². The Morgan fingerprint density at radius 2 is 1.31 bits per heavy atom. The van der Waals surface area contributed by atoms with E-state index in [2.05, 4.69) is 44.0 Å². The third-order valence-electron chi connectivity index (χ3n) is 4.42. The minimum Gasteiger partial charge on any atom is -0.331 e. The number of halogens is 1. The Morgan fingerprint density at radius 1 is 0.846 bits per heavy atom. The molecule has 0 amide bonds. The molecule has 146 valence electrons. The Morgan fingerprint density at radius 3 is 1.77 bits per heavy atom. The number of quaternary nitrogens is 1. The van der Waals surface area contributed by atoms with Crippen LogP contribution in [0.5, 0.6) is 0 Å². The average molecular weight is 420 g/mol. The van der Waals surface area contributed by atoms with Crippen LogP contribution >= 0.6 is 22.7 Å². The summed E-state index contributed by atoms with van der Waals surface area (Å²) in [6.45, 7) is 1.30. The molecule has 2 aromatic rings. The fourth-order valence-corrected chi connectivity index (χ4v) is 5.46. The van der Waals surface area contributed by atoms with Gasteiger partial charge in [-0.3, -0.25) is 0 Å². The van der Waals surface area contributed by atoms with Crippen LogP contribution in [0.3, 0.4) is 0 Å². The van der Waals surface area contributed by atoms with Crippen LogP contribution in [0.1, 0.15) is 49.1 Å². The second kappa shape index (κ2) is 9.12. The van der Waals surface area contributed by atoms with Gasteiger partial charge >= 0.3 is 0 Å². The molecular formula is C18H26ClNO4S2. The number of hydrogen-bond donors (Lipinski definition) is 0. The Bertz CT molecular complexity index is 642. The quantitative estimate of drug-likeness (QED) is 0.490. The Hall–Kier alpha value is -0.510. The first kappa shape index (κ1) is 21.8. The van der Waals surface area contributed by atoms with Gasteiger partial charge in [-0.05, 0) is 53.3 Å². The van der Waals surface area contributed by atoms with Crippen LogP contribution < -0.4 is 18.6 Å². The number of thiophene rings is 2. The minimum absolute atomic E-state index is 0.686. The monoisotopic (exact) mass is 419 g/mol. The van der Waals surface area contributed by atoms with Crippen molar-refractivity contribution in [3.8, 4) is 9.75 Å². The molecule has 8 heteroatoms. The predicted molar refractivity (Wildman–Crippen MR) is 95.5 cm³/mol. The summed E-state index contributed by atoms with van der Waals surface area (Å²) in [6, 6.07) is 4.71. The van der Waals surface area contributed by atoms with Crippen molar-refractivity contribution in [3.63, 3.8) is 0 Å². The van der Waals surface area contributed by atoms with Crippen LogP contribution in [0.15, 0.2) is 22.9 Å². The number of fused-ring (bicyclic) bond motifs is 3. The summed E-state index contributed by atoms with van der Waals surface area (Å²) in [6.07, 6.45) is 6.83. The van der Waals surface area contributed by atoms with E-state index >= 15 is 0 Å². The summed E-state index contributed by atoms with van der Waals surface area (Å²) in [5.41, 5.74) is 3.21. The van der Waals surface area contributed by atoms with Gasteiger partial charge in [-0.25, -0.2) is 18.6 Å². The van der Waals surface area contributed by atoms with Crippen molar-refractivity contribution >= 4 is 22.7 Å². The maximum absolute atomic E-state index is 8.49. The highest BCUT2D eigenvalue weighted by atomic mass is 35.7. The van der Waals surface area contributed by atoms with E-state index < -0.39 is 10.2 Å². The second-order valence-corrected chi connectivity index (χ2v) is 10.1. The molecule has 0 atom stereocenters. The molecule has 1 aliphatic rings. The van der Waals surface area contributed by atoms with Gasteiger partial charge in [0.2, 0.25) is 0 Å². The molecule has 0 saturated carbocycles. The lowest BCUT2D eigenvalue weighted by atomic mass is 9.93. The zero-order valence-corrected chi connectivity index (χ0v) is 17.8. The fourth-order valence-electron chi connectivity index (χ4n) is 3.32. The highest BCUT2D eigenvalue weighted by molar-refractivity contribution is 7.20. The van der Waals surface area contributed by atoms with Crippen molar-refractivity contribution in [2.24, 2.45) is 0 Å². The molecule has 0 radical (unpaired) electrons. The number of rotatable bonds is 7. The Labute approximate surface area is 165 Å². The van der Waals surface area contributed by atoms with E-state index in [0.29, 0.717) is 5.92 Å². The predicted octanol–water partition coefficient (Wildman–Crippen LogP) is 0.823. The van der Waals surface area contributed by atoms with Crippen LogP contribution in [0, 0.1) is 10.2 Å². The lowest BCUT2D eigenvalue weighted by Crippen LogP contribution is -2.68. The zero-order valence-electron chi connectivity index (χ0n) is 15.4. The summed E-state index contributed by atoms with van der Waals surface area (Å²) in [7, 11) is 1.91. The lowest BCUT2D eigenvalue weighted by molar-refractivity contribution is -2.00. The van der Waals surface area contributed by atoms with Crippen LogP contribution in [0.25, 0.3) is 9.75 Å². The Kier molecular flexibility index (Phi) is 7.64. The van der Waals surface area contributed by atoms with Gasteiger partial charge in [-0.2, -0.15) is 0 Å². The number of nitrogens with zero attached hydrogens (tertiary/aromatic N) is 1. The normalized spacial score (nSPS) is 14.0. The molecule has 0 saturated heterocycles. The molecule has 26 heavy (non-hydrogen) atoms. The van der Waals surface area contributed by atoms with Crippen molar-refractivity contribution in [2.75, 3.05) is 27.7 Å². The molecule has 0 aliphatic heterocycles. The minimum atomic E-state index is -4.94. The molecule has 0 fully saturated rings. The van der Waals surface area contributed by atoms with Gasteiger partial charge in [0.15, 0.2) is 0 Å². The first-order valence-corrected chi connectivity index (χ1v) is 11.6. The van der Waals surface area contributed by atoms with Gasteiger partial charge in [-0.15, -0.1) is 32.9 Å². The molecule has 2 aromatic heterocycles. The molecule has 5 nitrogen and oxygen atoms in total. The topological polar surface area (TPSA) is 92.2 Å². The van der Waals surface area contributed by atoms with Gasteiger partial charge < -0.3 is 4.48 Å². The van der Waals surface area contributed by atoms with E-state index in [1.165, 1.54) is 38.6 Å². The maximum Gasteiger partial charge on any atom is 0.0780 e. The van der Waals surface area contributed by atoms with Crippen LogP contribution in [0.2, 0.25) is 0 Å². The zero-order chi connectivity index (χ0) is 19.4.